The lowest BCUT2D eigenvalue weighted by Gasteiger charge is -2.34. The van der Waals surface area contributed by atoms with Gasteiger partial charge in [-0.05, 0) is 38.2 Å². The summed E-state index contributed by atoms with van der Waals surface area (Å²) in [6, 6.07) is 1.47. The Labute approximate surface area is 136 Å². The van der Waals surface area contributed by atoms with Gasteiger partial charge in [-0.2, -0.15) is 0 Å². The molecular formula is C16H24N4O3. The molecular weight excluding hydrogens is 296 g/mol. The predicted octanol–water partition coefficient (Wildman–Crippen LogP) is 1.07. The first-order chi connectivity index (χ1) is 11.1. The number of nitrogens with two attached hydrogens (primary N) is 1. The minimum absolute atomic E-state index is 0.00594. The molecule has 2 heterocycles. The molecule has 7 heteroatoms. The van der Waals surface area contributed by atoms with Crippen LogP contribution in [0, 0.1) is 12.8 Å². The molecule has 1 aliphatic carbocycles. The maximum atomic E-state index is 12.4. The third-order valence-electron chi connectivity index (χ3n) is 4.48. The van der Waals surface area contributed by atoms with Crippen molar-refractivity contribution in [1.82, 2.24) is 15.3 Å². The van der Waals surface area contributed by atoms with Crippen molar-refractivity contribution >= 4 is 11.9 Å². The summed E-state index contributed by atoms with van der Waals surface area (Å²) >= 11 is 0. The smallest absolute Gasteiger partial charge is 0.270 e. The molecule has 3 N–H and O–H groups in total. The molecule has 0 bridgehead atoms. The largest absolute Gasteiger partial charge is 0.379 e. The number of aryl methyl sites for hydroxylation is 1. The van der Waals surface area contributed by atoms with Crippen LogP contribution in [0.25, 0.3) is 0 Å². The number of anilines is 1. The SMILES string of the molecule is Cc1cc(C(=O)N[C@@H]2COCC[C@@H]2OCC2CCC2)nc(N)n1. The van der Waals surface area contributed by atoms with Gasteiger partial charge in [0.15, 0.2) is 0 Å². The van der Waals surface area contributed by atoms with Crippen LogP contribution in [0.15, 0.2) is 6.07 Å². The summed E-state index contributed by atoms with van der Waals surface area (Å²) in [6.07, 6.45) is 4.59. The molecule has 1 aromatic heterocycles. The Morgan fingerprint density at radius 1 is 1.43 bits per heavy atom. The van der Waals surface area contributed by atoms with Gasteiger partial charge >= 0.3 is 0 Å². The zero-order chi connectivity index (χ0) is 16.2. The molecule has 0 unspecified atom stereocenters. The van der Waals surface area contributed by atoms with E-state index in [9.17, 15) is 4.79 Å². The number of amides is 1. The molecule has 1 saturated carbocycles. The summed E-state index contributed by atoms with van der Waals surface area (Å²) in [7, 11) is 0. The number of nitrogen functional groups attached to an aromatic ring is 1. The number of rotatable bonds is 5. The summed E-state index contributed by atoms with van der Waals surface area (Å²) in [5.41, 5.74) is 6.55. The molecule has 1 amide bonds. The monoisotopic (exact) mass is 320 g/mol. The Morgan fingerprint density at radius 2 is 2.26 bits per heavy atom. The first kappa shape index (κ1) is 16.1. The molecule has 0 aromatic carbocycles. The fourth-order valence-corrected chi connectivity index (χ4v) is 2.92. The maximum Gasteiger partial charge on any atom is 0.270 e. The van der Waals surface area contributed by atoms with Crippen molar-refractivity contribution in [3.63, 3.8) is 0 Å². The van der Waals surface area contributed by atoms with Gasteiger partial charge in [0.05, 0.1) is 18.8 Å². The molecule has 1 aliphatic heterocycles. The normalized spacial score (nSPS) is 24.9. The molecule has 2 fully saturated rings. The molecule has 23 heavy (non-hydrogen) atoms. The second kappa shape index (κ2) is 7.23. The van der Waals surface area contributed by atoms with Crippen LogP contribution < -0.4 is 11.1 Å². The number of carbonyl (C=O) groups excluding carboxylic acids is 1. The van der Waals surface area contributed by atoms with E-state index in [2.05, 4.69) is 15.3 Å². The lowest BCUT2D eigenvalue weighted by atomic mass is 9.86. The molecule has 126 valence electrons. The van der Waals surface area contributed by atoms with E-state index in [1.165, 1.54) is 19.3 Å². The third-order valence-corrected chi connectivity index (χ3v) is 4.48. The molecule has 2 aliphatic rings. The average molecular weight is 320 g/mol. The second-order valence-corrected chi connectivity index (χ2v) is 6.37. The number of nitrogens with one attached hydrogen (secondary N) is 1. The number of aromatic nitrogens is 2. The standard InChI is InChI=1S/C16H24N4O3/c1-10-7-12(20-16(17)18-10)15(21)19-13-9-22-6-5-14(13)23-8-11-3-2-4-11/h7,11,13-14H,2-6,8-9H2,1H3,(H,19,21)(H2,17,18,20)/t13-,14+/m1/s1. The van der Waals surface area contributed by atoms with Gasteiger partial charge in [-0.25, -0.2) is 9.97 Å². The van der Waals surface area contributed by atoms with Crippen molar-refractivity contribution in [3.8, 4) is 0 Å². The summed E-state index contributed by atoms with van der Waals surface area (Å²) in [5.74, 6) is 0.515. The highest BCUT2D eigenvalue weighted by atomic mass is 16.5. The van der Waals surface area contributed by atoms with Gasteiger partial charge < -0.3 is 20.5 Å². The van der Waals surface area contributed by atoms with Gasteiger partial charge in [0.2, 0.25) is 5.95 Å². The Bertz CT molecular complexity index is 542. The first-order valence-electron chi connectivity index (χ1n) is 8.23. The van der Waals surface area contributed by atoms with Gasteiger partial charge in [-0.15, -0.1) is 0 Å². The molecule has 3 rings (SSSR count). The number of nitrogens with zero attached hydrogens (tertiary/aromatic N) is 2. The van der Waals surface area contributed by atoms with Crippen LogP contribution in [0.3, 0.4) is 0 Å². The molecule has 1 aromatic rings. The number of hydrogen-bond donors (Lipinski definition) is 2. The van der Waals surface area contributed by atoms with Crippen LogP contribution in [0.1, 0.15) is 41.9 Å². The summed E-state index contributed by atoms with van der Waals surface area (Å²) in [6.45, 7) is 3.68. The van der Waals surface area contributed by atoms with Gasteiger partial charge in [-0.3, -0.25) is 4.79 Å². The molecule has 0 radical (unpaired) electrons. The van der Waals surface area contributed by atoms with Crippen LogP contribution >= 0.6 is 0 Å². The zero-order valence-electron chi connectivity index (χ0n) is 13.5. The second-order valence-electron chi connectivity index (χ2n) is 6.37. The van der Waals surface area contributed by atoms with E-state index in [0.29, 0.717) is 24.8 Å². The van der Waals surface area contributed by atoms with Crippen LogP contribution in [0.5, 0.6) is 0 Å². The van der Waals surface area contributed by atoms with Gasteiger partial charge in [0.25, 0.3) is 5.91 Å². The molecule has 7 nitrogen and oxygen atoms in total. The number of carbonyl (C=O) groups is 1. The van der Waals surface area contributed by atoms with Crippen LogP contribution in [-0.2, 0) is 9.47 Å². The van der Waals surface area contributed by atoms with E-state index in [4.69, 9.17) is 15.2 Å². The summed E-state index contributed by atoms with van der Waals surface area (Å²) in [4.78, 5) is 20.4. The highest BCUT2D eigenvalue weighted by Gasteiger charge is 2.30. The van der Waals surface area contributed by atoms with E-state index in [0.717, 1.165) is 13.0 Å². The third kappa shape index (κ3) is 4.17. The van der Waals surface area contributed by atoms with Crippen LogP contribution in [0.2, 0.25) is 0 Å². The predicted molar refractivity (Wildman–Crippen MR) is 85.0 cm³/mol. The van der Waals surface area contributed by atoms with Crippen molar-refractivity contribution < 1.29 is 14.3 Å². The quantitative estimate of drug-likeness (QED) is 0.842. The lowest BCUT2D eigenvalue weighted by Crippen LogP contribution is -2.51. The lowest BCUT2D eigenvalue weighted by molar-refractivity contribution is -0.0697. The molecule has 1 saturated heterocycles. The Kier molecular flexibility index (Phi) is 5.07. The minimum atomic E-state index is -0.269. The highest BCUT2D eigenvalue weighted by molar-refractivity contribution is 5.92. The van der Waals surface area contributed by atoms with E-state index < -0.39 is 0 Å². The van der Waals surface area contributed by atoms with Crippen molar-refractivity contribution in [3.05, 3.63) is 17.5 Å². The van der Waals surface area contributed by atoms with Crippen LogP contribution in [0.4, 0.5) is 5.95 Å². The van der Waals surface area contributed by atoms with Gasteiger partial charge in [0.1, 0.15) is 5.69 Å². The molecule has 0 spiro atoms. The van der Waals surface area contributed by atoms with E-state index >= 15 is 0 Å². The summed E-state index contributed by atoms with van der Waals surface area (Å²) < 4.78 is 11.5. The highest BCUT2D eigenvalue weighted by Crippen LogP contribution is 2.27. The minimum Gasteiger partial charge on any atom is -0.379 e. The van der Waals surface area contributed by atoms with Gasteiger partial charge in [0, 0.05) is 18.9 Å². The van der Waals surface area contributed by atoms with Crippen molar-refractivity contribution in [2.24, 2.45) is 5.92 Å². The van der Waals surface area contributed by atoms with Crippen LogP contribution in [-0.4, -0.2) is 47.8 Å². The van der Waals surface area contributed by atoms with Crippen molar-refractivity contribution in [2.45, 2.75) is 44.8 Å². The molecule has 2 atom stereocenters. The fraction of sp³-hybridized carbons (Fsp3) is 0.688. The topological polar surface area (TPSA) is 99.4 Å². The van der Waals surface area contributed by atoms with E-state index in [1.807, 2.05) is 0 Å². The Hall–Kier alpha value is -1.73. The van der Waals surface area contributed by atoms with Crippen molar-refractivity contribution in [1.29, 1.82) is 0 Å². The Morgan fingerprint density at radius 3 is 2.96 bits per heavy atom. The van der Waals surface area contributed by atoms with E-state index in [-0.39, 0.29) is 29.7 Å². The first-order valence-corrected chi connectivity index (χ1v) is 8.23. The maximum absolute atomic E-state index is 12.4. The zero-order valence-corrected chi connectivity index (χ0v) is 13.5. The average Bonchev–Trinajstić information content (AvgIpc) is 2.46. The van der Waals surface area contributed by atoms with Gasteiger partial charge in [-0.1, -0.05) is 6.42 Å². The van der Waals surface area contributed by atoms with Crippen molar-refractivity contribution in [2.75, 3.05) is 25.6 Å². The fourth-order valence-electron chi connectivity index (χ4n) is 2.92. The number of ether oxygens (including phenoxy) is 2. The number of hydrogen-bond acceptors (Lipinski definition) is 6. The Balaban J connectivity index is 1.59. The summed E-state index contributed by atoms with van der Waals surface area (Å²) in [5, 5.41) is 2.96. The van der Waals surface area contributed by atoms with E-state index in [1.54, 1.807) is 13.0 Å².